The highest BCUT2D eigenvalue weighted by Gasteiger charge is 2.15. The number of imidazole rings is 1. The normalized spacial score (nSPS) is 10.6. The smallest absolute Gasteiger partial charge is 0.357 e. The van der Waals surface area contributed by atoms with E-state index in [0.29, 0.717) is 16.5 Å². The average molecular weight is 394 g/mol. The average Bonchev–Trinajstić information content (AvgIpc) is 3.37. The molecular weight excluding hydrogens is 379 g/mol. The highest BCUT2D eigenvalue weighted by Crippen LogP contribution is 2.21. The molecule has 2 aromatic carbocycles. The first-order valence-corrected chi connectivity index (χ1v) is 9.29. The molecule has 0 spiro atoms. The molecule has 0 unspecified atom stereocenters. The fourth-order valence-electron chi connectivity index (χ4n) is 2.54. The van der Waals surface area contributed by atoms with Crippen molar-refractivity contribution in [1.82, 2.24) is 14.5 Å². The molecule has 0 saturated carbocycles. The van der Waals surface area contributed by atoms with Gasteiger partial charge in [-0.25, -0.2) is 19.2 Å². The molecule has 0 aliphatic heterocycles. The van der Waals surface area contributed by atoms with Crippen LogP contribution in [0.4, 0.5) is 15.2 Å². The molecule has 1 N–H and O–H groups in total. The van der Waals surface area contributed by atoms with E-state index >= 15 is 0 Å². The maximum absolute atomic E-state index is 13.1. The van der Waals surface area contributed by atoms with Gasteiger partial charge in [0.2, 0.25) is 0 Å². The highest BCUT2D eigenvalue weighted by molar-refractivity contribution is 7.13. The summed E-state index contributed by atoms with van der Waals surface area (Å²) in [5.41, 5.74) is 2.45. The van der Waals surface area contributed by atoms with Gasteiger partial charge in [0.15, 0.2) is 10.8 Å². The Bertz CT molecular complexity index is 1080. The maximum Gasteiger partial charge on any atom is 0.357 e. The zero-order valence-electron chi connectivity index (χ0n) is 14.6. The number of hydrogen-bond acceptors (Lipinski definition) is 6. The van der Waals surface area contributed by atoms with Crippen LogP contribution in [0.25, 0.3) is 5.69 Å². The van der Waals surface area contributed by atoms with Gasteiger partial charge in [-0.2, -0.15) is 0 Å². The van der Waals surface area contributed by atoms with Crippen molar-refractivity contribution in [3.05, 3.63) is 89.7 Å². The SMILES string of the molecule is O=C(OCc1csc(Nc2ccccc2)n1)c1cncn1-c1ccc(F)cc1. The van der Waals surface area contributed by atoms with Crippen LogP contribution >= 0.6 is 11.3 Å². The highest BCUT2D eigenvalue weighted by atomic mass is 32.1. The van der Waals surface area contributed by atoms with E-state index in [2.05, 4.69) is 15.3 Å². The molecule has 0 bridgehead atoms. The van der Waals surface area contributed by atoms with Crippen LogP contribution in [-0.4, -0.2) is 20.5 Å². The molecule has 2 heterocycles. The number of ether oxygens (including phenoxy) is 1. The standard InChI is InChI=1S/C20H15FN4O2S/c21-14-6-8-17(9-7-14)25-13-22-10-18(25)19(26)27-11-16-12-28-20(24-16)23-15-4-2-1-3-5-15/h1-10,12-13H,11H2,(H,23,24). The van der Waals surface area contributed by atoms with Gasteiger partial charge >= 0.3 is 5.97 Å². The van der Waals surface area contributed by atoms with Gasteiger partial charge in [0.05, 0.1) is 18.2 Å². The fourth-order valence-corrected chi connectivity index (χ4v) is 3.26. The number of nitrogens with zero attached hydrogens (tertiary/aromatic N) is 3. The van der Waals surface area contributed by atoms with Gasteiger partial charge in [0.1, 0.15) is 12.4 Å². The molecule has 0 saturated heterocycles. The van der Waals surface area contributed by atoms with E-state index in [1.807, 2.05) is 35.7 Å². The number of hydrogen-bond donors (Lipinski definition) is 1. The molecule has 8 heteroatoms. The minimum atomic E-state index is -0.535. The van der Waals surface area contributed by atoms with Crippen LogP contribution < -0.4 is 5.32 Å². The summed E-state index contributed by atoms with van der Waals surface area (Å²) in [4.78, 5) is 20.8. The van der Waals surface area contributed by atoms with Crippen LogP contribution in [0, 0.1) is 5.82 Å². The van der Waals surface area contributed by atoms with Crippen LogP contribution in [0.3, 0.4) is 0 Å². The van der Waals surface area contributed by atoms with Crippen LogP contribution in [0.1, 0.15) is 16.2 Å². The number of nitrogens with one attached hydrogen (secondary N) is 1. The number of anilines is 2. The largest absolute Gasteiger partial charge is 0.454 e. The lowest BCUT2D eigenvalue weighted by Gasteiger charge is -2.07. The Hall–Kier alpha value is -3.52. The third kappa shape index (κ3) is 4.07. The van der Waals surface area contributed by atoms with E-state index in [1.54, 1.807) is 16.7 Å². The summed E-state index contributed by atoms with van der Waals surface area (Å²) in [7, 11) is 0. The van der Waals surface area contributed by atoms with Crippen LogP contribution in [0.2, 0.25) is 0 Å². The van der Waals surface area contributed by atoms with Gasteiger partial charge in [-0.05, 0) is 36.4 Å². The van der Waals surface area contributed by atoms with Crippen molar-refractivity contribution in [2.45, 2.75) is 6.61 Å². The lowest BCUT2D eigenvalue weighted by molar-refractivity contribution is 0.0459. The second kappa shape index (κ2) is 8.01. The minimum Gasteiger partial charge on any atom is -0.454 e. The van der Waals surface area contributed by atoms with Gasteiger partial charge < -0.3 is 10.1 Å². The van der Waals surface area contributed by atoms with E-state index in [4.69, 9.17) is 4.74 Å². The van der Waals surface area contributed by atoms with Gasteiger partial charge in [-0.15, -0.1) is 11.3 Å². The van der Waals surface area contributed by atoms with Crippen molar-refractivity contribution in [3.63, 3.8) is 0 Å². The number of benzene rings is 2. The first-order valence-electron chi connectivity index (χ1n) is 8.41. The zero-order valence-corrected chi connectivity index (χ0v) is 15.4. The summed E-state index contributed by atoms with van der Waals surface area (Å²) in [6.45, 7) is 0.0421. The second-order valence-corrected chi connectivity index (χ2v) is 6.69. The Kier molecular flexibility index (Phi) is 5.11. The maximum atomic E-state index is 13.1. The number of thiazole rings is 1. The van der Waals surface area contributed by atoms with Crippen LogP contribution in [0.15, 0.2) is 72.5 Å². The lowest BCUT2D eigenvalue weighted by atomic mass is 10.3. The minimum absolute atomic E-state index is 0.0421. The van der Waals surface area contributed by atoms with E-state index in [0.717, 1.165) is 5.69 Å². The first-order chi connectivity index (χ1) is 13.7. The molecule has 2 aromatic heterocycles. The number of carbonyl (C=O) groups excluding carboxylic acids is 1. The Morgan fingerprint density at radius 1 is 1.14 bits per heavy atom. The number of para-hydroxylation sites is 1. The van der Waals surface area contributed by atoms with Crippen LogP contribution in [0.5, 0.6) is 0 Å². The van der Waals surface area contributed by atoms with Crippen molar-refractivity contribution in [2.24, 2.45) is 0 Å². The number of aromatic nitrogens is 3. The molecule has 6 nitrogen and oxygen atoms in total. The second-order valence-electron chi connectivity index (χ2n) is 5.84. The molecule has 0 aliphatic carbocycles. The third-order valence-electron chi connectivity index (χ3n) is 3.88. The molecule has 4 aromatic rings. The molecular formula is C20H15FN4O2S. The molecule has 0 radical (unpaired) electrons. The molecule has 0 fully saturated rings. The Labute approximate surface area is 164 Å². The summed E-state index contributed by atoms with van der Waals surface area (Å²) in [6.07, 6.45) is 2.89. The quantitative estimate of drug-likeness (QED) is 0.485. The van der Waals surface area contributed by atoms with Crippen molar-refractivity contribution in [2.75, 3.05) is 5.32 Å². The first kappa shape index (κ1) is 17.9. The molecule has 0 amide bonds. The van der Waals surface area contributed by atoms with Crippen molar-refractivity contribution in [1.29, 1.82) is 0 Å². The summed E-state index contributed by atoms with van der Waals surface area (Å²) in [5, 5.41) is 5.74. The predicted octanol–water partition coefficient (Wildman–Crippen LogP) is 4.57. The zero-order chi connectivity index (χ0) is 19.3. The summed E-state index contributed by atoms with van der Waals surface area (Å²) in [6, 6.07) is 15.5. The monoisotopic (exact) mass is 394 g/mol. The van der Waals surface area contributed by atoms with Crippen LogP contribution in [-0.2, 0) is 11.3 Å². The molecule has 140 valence electrons. The van der Waals surface area contributed by atoms with Crippen molar-refractivity contribution >= 4 is 28.1 Å². The number of esters is 1. The molecule has 28 heavy (non-hydrogen) atoms. The molecule has 4 rings (SSSR count). The van der Waals surface area contributed by atoms with Gasteiger partial charge in [0, 0.05) is 16.8 Å². The van der Waals surface area contributed by atoms with E-state index in [9.17, 15) is 9.18 Å². The number of halogens is 1. The van der Waals surface area contributed by atoms with Crippen molar-refractivity contribution < 1.29 is 13.9 Å². The van der Waals surface area contributed by atoms with Gasteiger partial charge in [-0.3, -0.25) is 4.57 Å². The van der Waals surface area contributed by atoms with Gasteiger partial charge in [0.25, 0.3) is 0 Å². The van der Waals surface area contributed by atoms with E-state index in [-0.39, 0.29) is 18.1 Å². The van der Waals surface area contributed by atoms with Gasteiger partial charge in [-0.1, -0.05) is 18.2 Å². The van der Waals surface area contributed by atoms with Crippen molar-refractivity contribution in [3.8, 4) is 5.69 Å². The number of carbonyl (C=O) groups is 1. The summed E-state index contributed by atoms with van der Waals surface area (Å²) in [5.74, 6) is -0.885. The summed E-state index contributed by atoms with van der Waals surface area (Å²) < 4.78 is 20.0. The topological polar surface area (TPSA) is 69.0 Å². The Morgan fingerprint density at radius 2 is 1.93 bits per heavy atom. The Morgan fingerprint density at radius 3 is 2.71 bits per heavy atom. The molecule has 0 atom stereocenters. The van der Waals surface area contributed by atoms with E-state index < -0.39 is 5.97 Å². The predicted molar refractivity (Wildman–Crippen MR) is 104 cm³/mol. The Balaban J connectivity index is 1.40. The summed E-state index contributed by atoms with van der Waals surface area (Å²) >= 11 is 1.43. The molecule has 0 aliphatic rings. The fraction of sp³-hybridized carbons (Fsp3) is 0.0500. The van der Waals surface area contributed by atoms with E-state index in [1.165, 1.54) is 36.0 Å². The lowest BCUT2D eigenvalue weighted by Crippen LogP contribution is -2.11. The third-order valence-corrected chi connectivity index (χ3v) is 4.69. The number of rotatable bonds is 6.